The summed E-state index contributed by atoms with van der Waals surface area (Å²) in [5.41, 5.74) is 3.13. The molecule has 29 heavy (non-hydrogen) atoms. The summed E-state index contributed by atoms with van der Waals surface area (Å²) < 4.78 is 14.6. The van der Waals surface area contributed by atoms with Crippen molar-refractivity contribution in [2.75, 3.05) is 0 Å². The minimum Gasteiger partial charge on any atom is -0.407 e. The molecule has 5 rings (SSSR count). The van der Waals surface area contributed by atoms with Crippen LogP contribution in [0.1, 0.15) is 32.9 Å². The van der Waals surface area contributed by atoms with E-state index in [0.29, 0.717) is 39.3 Å². The summed E-state index contributed by atoms with van der Waals surface area (Å²) in [6, 6.07) is 14.1. The fourth-order valence-corrected chi connectivity index (χ4v) is 4.03. The Morgan fingerprint density at radius 3 is 2.66 bits per heavy atom. The molecule has 8 heteroatoms. The molecule has 0 saturated heterocycles. The van der Waals surface area contributed by atoms with Crippen LogP contribution in [0.15, 0.2) is 72.5 Å². The number of fused-ring (bicyclic) bond motifs is 1. The number of hydrogen-bond donors (Lipinski definition) is 0. The van der Waals surface area contributed by atoms with E-state index in [0.717, 1.165) is 11.1 Å². The molecule has 0 unspecified atom stereocenters. The Balaban J connectivity index is 1.38. The highest BCUT2D eigenvalue weighted by atomic mass is 32.1. The molecule has 0 fully saturated rings. The van der Waals surface area contributed by atoms with Crippen molar-refractivity contribution in [3.63, 3.8) is 0 Å². The zero-order valence-electron chi connectivity index (χ0n) is 15.2. The number of carbonyl (C=O) groups excluding carboxylic acids is 1. The predicted molar refractivity (Wildman–Crippen MR) is 106 cm³/mol. The quantitative estimate of drug-likeness (QED) is 0.318. The standard InChI is InChI=1S/C21H14N2O5S/c1-12-11-29-20-18(12)21(25)26-17(22-20)9-13-5-7-14(8-6-13)19(24)15-3-2-4-16(10-15)23-27-28-23/h2-8,10-11H,9H2,1H3. The van der Waals surface area contributed by atoms with E-state index in [1.165, 1.54) is 16.2 Å². The molecule has 3 aromatic heterocycles. The molecular weight excluding hydrogens is 392 g/mol. The highest BCUT2D eigenvalue weighted by Gasteiger charge is 2.14. The van der Waals surface area contributed by atoms with Crippen molar-refractivity contribution in [2.45, 2.75) is 13.3 Å². The van der Waals surface area contributed by atoms with Gasteiger partial charge in [-0.1, -0.05) is 36.4 Å². The second-order valence-corrected chi connectivity index (χ2v) is 7.51. The highest BCUT2D eigenvalue weighted by Crippen LogP contribution is 2.22. The minimum atomic E-state index is -0.366. The van der Waals surface area contributed by atoms with Gasteiger partial charge in [0.15, 0.2) is 5.78 Å². The molecule has 144 valence electrons. The lowest BCUT2D eigenvalue weighted by atomic mass is 10.0. The lowest BCUT2D eigenvalue weighted by Crippen LogP contribution is -2.05. The summed E-state index contributed by atoms with van der Waals surface area (Å²) in [7, 11) is 0. The van der Waals surface area contributed by atoms with Crippen molar-refractivity contribution >= 4 is 27.3 Å². The second-order valence-electron chi connectivity index (χ2n) is 6.65. The molecule has 5 aromatic rings. The molecule has 0 bridgehead atoms. The first kappa shape index (κ1) is 17.4. The van der Waals surface area contributed by atoms with Crippen molar-refractivity contribution in [3.05, 3.63) is 92.5 Å². The molecule has 0 aliphatic carbocycles. The number of nitrogens with zero attached hydrogens (tertiary/aromatic N) is 2. The molecule has 3 heterocycles. The van der Waals surface area contributed by atoms with E-state index < -0.39 is 0 Å². The summed E-state index contributed by atoms with van der Waals surface area (Å²) in [4.78, 5) is 31.3. The van der Waals surface area contributed by atoms with E-state index in [2.05, 4.69) is 14.3 Å². The average molecular weight is 406 g/mol. The minimum absolute atomic E-state index is 0.111. The van der Waals surface area contributed by atoms with Gasteiger partial charge in [0.2, 0.25) is 5.89 Å². The summed E-state index contributed by atoms with van der Waals surface area (Å²) in [5, 5.41) is 2.44. The summed E-state index contributed by atoms with van der Waals surface area (Å²) >= 11 is 1.43. The fraction of sp³-hybridized carbons (Fsp3) is 0.0952. The maximum atomic E-state index is 12.7. The second kappa shape index (κ2) is 6.75. The SMILES string of the molecule is Cc1csc2nc(Cc3ccc(C(=O)c4cccc(-n5oo5)c4)cc3)oc(=O)c12. The number of carbonyl (C=O) groups is 1. The lowest BCUT2D eigenvalue weighted by Gasteiger charge is -2.04. The Hall–Kier alpha value is -3.65. The number of rotatable bonds is 5. The average Bonchev–Trinajstić information content (AvgIpc) is 3.51. The van der Waals surface area contributed by atoms with Gasteiger partial charge in [-0.2, -0.15) is 0 Å². The third-order valence-electron chi connectivity index (χ3n) is 4.64. The topological polar surface area (TPSA) is 91.4 Å². The van der Waals surface area contributed by atoms with Crippen LogP contribution in [0.4, 0.5) is 0 Å². The Bertz CT molecular complexity index is 1370. The monoisotopic (exact) mass is 406 g/mol. The van der Waals surface area contributed by atoms with Crippen LogP contribution in [0.25, 0.3) is 15.9 Å². The van der Waals surface area contributed by atoms with Gasteiger partial charge in [0.05, 0.1) is 10.3 Å². The van der Waals surface area contributed by atoms with Gasteiger partial charge < -0.3 is 4.42 Å². The Kier molecular flexibility index (Phi) is 4.06. The Morgan fingerprint density at radius 2 is 1.90 bits per heavy atom. The molecule has 7 nitrogen and oxygen atoms in total. The van der Waals surface area contributed by atoms with Gasteiger partial charge in [0.1, 0.15) is 10.5 Å². The number of ketones is 1. The third-order valence-corrected chi connectivity index (χ3v) is 5.63. The van der Waals surface area contributed by atoms with Gasteiger partial charge in [0.25, 0.3) is 0 Å². The van der Waals surface area contributed by atoms with Crippen molar-refractivity contribution in [2.24, 2.45) is 0 Å². The molecule has 0 amide bonds. The molecule has 0 radical (unpaired) electrons. The van der Waals surface area contributed by atoms with Gasteiger partial charge in [-0.25, -0.2) is 9.78 Å². The van der Waals surface area contributed by atoms with Crippen LogP contribution in [0.5, 0.6) is 0 Å². The molecule has 0 atom stereocenters. The smallest absolute Gasteiger partial charge is 0.348 e. The molecular formula is C21H14N2O5S. The molecule has 0 spiro atoms. The van der Waals surface area contributed by atoms with Crippen LogP contribution in [-0.4, -0.2) is 15.7 Å². The van der Waals surface area contributed by atoms with Gasteiger partial charge in [-0.3, -0.25) is 4.79 Å². The molecule has 0 saturated carbocycles. The predicted octanol–water partition coefficient (Wildman–Crippen LogP) is 4.36. The van der Waals surface area contributed by atoms with Crippen LogP contribution in [0, 0.1) is 6.92 Å². The number of aromatic nitrogens is 2. The van der Waals surface area contributed by atoms with Gasteiger partial charge in [-0.15, -0.1) is 20.7 Å². The highest BCUT2D eigenvalue weighted by molar-refractivity contribution is 7.16. The van der Waals surface area contributed by atoms with Gasteiger partial charge >= 0.3 is 5.63 Å². The van der Waals surface area contributed by atoms with Crippen molar-refractivity contribution in [1.29, 1.82) is 0 Å². The zero-order chi connectivity index (χ0) is 20.0. The Morgan fingerprint density at radius 1 is 1.10 bits per heavy atom. The van der Waals surface area contributed by atoms with E-state index in [1.54, 1.807) is 36.4 Å². The first-order valence-electron chi connectivity index (χ1n) is 8.85. The van der Waals surface area contributed by atoms with E-state index in [9.17, 15) is 9.59 Å². The van der Waals surface area contributed by atoms with Gasteiger partial charge in [-0.05, 0) is 35.6 Å². The first-order chi connectivity index (χ1) is 14.1. The lowest BCUT2D eigenvalue weighted by molar-refractivity contribution is 0.103. The van der Waals surface area contributed by atoms with Crippen LogP contribution >= 0.6 is 11.3 Å². The van der Waals surface area contributed by atoms with Crippen LogP contribution in [0.2, 0.25) is 0 Å². The largest absolute Gasteiger partial charge is 0.407 e. The fourth-order valence-electron chi connectivity index (χ4n) is 3.11. The van der Waals surface area contributed by atoms with Crippen LogP contribution in [0.3, 0.4) is 0 Å². The zero-order valence-corrected chi connectivity index (χ0v) is 16.1. The molecule has 2 aromatic carbocycles. The van der Waals surface area contributed by atoms with Crippen LogP contribution < -0.4 is 5.63 Å². The van der Waals surface area contributed by atoms with E-state index in [4.69, 9.17) is 4.42 Å². The maximum absolute atomic E-state index is 12.7. The number of thiophene rings is 1. The number of aryl methyl sites for hydroxylation is 1. The van der Waals surface area contributed by atoms with Gasteiger partial charge in [0, 0.05) is 17.5 Å². The number of benzene rings is 2. The van der Waals surface area contributed by atoms with E-state index in [-0.39, 0.29) is 11.4 Å². The molecule has 0 aliphatic heterocycles. The summed E-state index contributed by atoms with van der Waals surface area (Å²) in [6.07, 6.45) is 0.371. The summed E-state index contributed by atoms with van der Waals surface area (Å²) in [5.74, 6) is 0.245. The van der Waals surface area contributed by atoms with Crippen molar-refractivity contribution in [1.82, 2.24) is 9.90 Å². The van der Waals surface area contributed by atoms with E-state index in [1.807, 2.05) is 24.4 Å². The third kappa shape index (κ3) is 3.34. The normalized spacial score (nSPS) is 11.3. The van der Waals surface area contributed by atoms with E-state index >= 15 is 0 Å². The Labute approximate surface area is 167 Å². The number of hydrogen-bond acceptors (Lipinski definition) is 7. The first-order valence-corrected chi connectivity index (χ1v) is 9.73. The molecule has 0 N–H and O–H groups in total. The van der Waals surface area contributed by atoms with Crippen molar-refractivity contribution in [3.8, 4) is 5.69 Å². The van der Waals surface area contributed by atoms with Crippen molar-refractivity contribution < 1.29 is 18.6 Å². The maximum Gasteiger partial charge on any atom is 0.348 e. The van der Waals surface area contributed by atoms with Crippen LogP contribution in [-0.2, 0) is 6.42 Å². The molecule has 0 aliphatic rings. The summed E-state index contributed by atoms with van der Waals surface area (Å²) in [6.45, 7) is 1.87.